The van der Waals surface area contributed by atoms with Gasteiger partial charge in [-0.2, -0.15) is 0 Å². The van der Waals surface area contributed by atoms with Gasteiger partial charge >= 0.3 is 0 Å². The van der Waals surface area contributed by atoms with Crippen molar-refractivity contribution in [3.05, 3.63) is 25.3 Å². The molecule has 0 bridgehead atoms. The van der Waals surface area contributed by atoms with E-state index in [1.165, 1.54) is 12.2 Å². The molecule has 0 spiro atoms. The van der Waals surface area contributed by atoms with E-state index in [0.29, 0.717) is 12.1 Å². The molecule has 0 saturated carbocycles. The third-order valence-corrected chi connectivity index (χ3v) is 4.73. The number of hydrogen-bond acceptors (Lipinski definition) is 4. The van der Waals surface area contributed by atoms with Crippen LogP contribution in [0.1, 0.15) is 55.4 Å². The minimum atomic E-state index is 0.0509. The fourth-order valence-electron chi connectivity index (χ4n) is 2.96. The average molecular weight is 427 g/mol. The van der Waals surface area contributed by atoms with E-state index >= 15 is 0 Å². The van der Waals surface area contributed by atoms with Crippen molar-refractivity contribution in [3.63, 3.8) is 0 Å². The van der Waals surface area contributed by atoms with Gasteiger partial charge in [-0.3, -0.25) is 9.59 Å². The van der Waals surface area contributed by atoms with Crippen LogP contribution >= 0.6 is 0 Å². The molecule has 2 aliphatic rings. The lowest BCUT2D eigenvalue weighted by Gasteiger charge is -2.37. The van der Waals surface area contributed by atoms with Crippen LogP contribution in [-0.4, -0.2) is 96.9 Å². The fourth-order valence-corrected chi connectivity index (χ4v) is 2.96. The molecule has 30 heavy (non-hydrogen) atoms. The van der Waals surface area contributed by atoms with Gasteiger partial charge in [0.2, 0.25) is 11.8 Å². The Bertz CT molecular complexity index is 468. The molecule has 0 aromatic heterocycles. The van der Waals surface area contributed by atoms with E-state index in [-0.39, 0.29) is 11.8 Å². The zero-order valence-corrected chi connectivity index (χ0v) is 21.6. The summed E-state index contributed by atoms with van der Waals surface area (Å²) in [7, 11) is 4.16. The van der Waals surface area contributed by atoms with Crippen molar-refractivity contribution >= 4 is 11.8 Å². The second-order valence-electron chi connectivity index (χ2n) is 6.67. The number of rotatable bonds is 2. The number of carbonyl (C=O) groups excluding carboxylic acids is 2. The summed E-state index contributed by atoms with van der Waals surface area (Å²) in [6.45, 7) is 28.5. The standard InChI is InChI=1S/2C9H16N2O.3C2H6/c1-4-9(12)11-6-5-10(3)8(2)7-11;1-4-9(12)11-6-5-10(3)7-8(11)2;3*1-2/h2*4,8H,1,5-7H2,2-3H3;3*1-2H3/t2*8-;;;/m00.../s1. The highest BCUT2D eigenvalue weighted by Crippen LogP contribution is 2.08. The van der Waals surface area contributed by atoms with Gasteiger partial charge in [-0.1, -0.05) is 54.7 Å². The first-order valence-electron chi connectivity index (χ1n) is 11.5. The molecule has 2 fully saturated rings. The highest BCUT2D eigenvalue weighted by Gasteiger charge is 2.23. The molecule has 2 saturated heterocycles. The molecule has 2 heterocycles. The number of carbonyl (C=O) groups is 2. The van der Waals surface area contributed by atoms with Crippen LogP contribution in [0.25, 0.3) is 0 Å². The third-order valence-electron chi connectivity index (χ3n) is 4.73. The van der Waals surface area contributed by atoms with Crippen LogP contribution in [0.3, 0.4) is 0 Å². The summed E-state index contributed by atoms with van der Waals surface area (Å²) in [5.41, 5.74) is 0. The Kier molecular flexibility index (Phi) is 22.7. The monoisotopic (exact) mass is 426 g/mol. The second kappa shape index (κ2) is 20.6. The molecule has 2 rings (SSSR count). The minimum absolute atomic E-state index is 0.0509. The lowest BCUT2D eigenvalue weighted by atomic mass is 10.2. The molecule has 2 amide bonds. The Morgan fingerprint density at radius 2 is 1.23 bits per heavy atom. The van der Waals surface area contributed by atoms with Gasteiger partial charge in [-0.15, -0.1) is 0 Å². The Balaban J connectivity index is -0.000000389. The molecule has 0 N–H and O–H groups in total. The second-order valence-corrected chi connectivity index (χ2v) is 6.67. The topological polar surface area (TPSA) is 47.1 Å². The molecule has 178 valence electrons. The molecule has 2 atom stereocenters. The average Bonchev–Trinajstić information content (AvgIpc) is 2.79. The fraction of sp³-hybridized carbons (Fsp3) is 0.750. The molecular weight excluding hydrogens is 376 g/mol. The highest BCUT2D eigenvalue weighted by atomic mass is 16.2. The van der Waals surface area contributed by atoms with Crippen molar-refractivity contribution in [2.75, 3.05) is 53.4 Å². The van der Waals surface area contributed by atoms with E-state index in [2.05, 4.69) is 50.9 Å². The summed E-state index contributed by atoms with van der Waals surface area (Å²) in [4.78, 5) is 30.7. The zero-order valence-electron chi connectivity index (χ0n) is 21.6. The maximum atomic E-state index is 11.3. The van der Waals surface area contributed by atoms with Gasteiger partial charge in [0.1, 0.15) is 0 Å². The number of amides is 2. The van der Waals surface area contributed by atoms with Crippen molar-refractivity contribution in [1.29, 1.82) is 0 Å². The smallest absolute Gasteiger partial charge is 0.246 e. The highest BCUT2D eigenvalue weighted by molar-refractivity contribution is 5.87. The predicted molar refractivity (Wildman–Crippen MR) is 132 cm³/mol. The normalized spacial score (nSPS) is 21.0. The van der Waals surface area contributed by atoms with Gasteiger partial charge in [0.05, 0.1) is 0 Å². The first kappa shape index (κ1) is 33.0. The van der Waals surface area contributed by atoms with E-state index in [1.807, 2.05) is 51.3 Å². The van der Waals surface area contributed by atoms with Gasteiger partial charge in [0, 0.05) is 51.4 Å². The number of nitrogens with zero attached hydrogens (tertiary/aromatic N) is 4. The van der Waals surface area contributed by atoms with Crippen molar-refractivity contribution in [1.82, 2.24) is 19.6 Å². The minimum Gasteiger partial charge on any atom is -0.336 e. The van der Waals surface area contributed by atoms with E-state index in [1.54, 1.807) is 0 Å². The van der Waals surface area contributed by atoms with Gasteiger partial charge in [-0.05, 0) is 40.1 Å². The first-order chi connectivity index (χ1) is 14.3. The van der Waals surface area contributed by atoms with Gasteiger partial charge in [-0.25, -0.2) is 0 Å². The molecule has 6 nitrogen and oxygen atoms in total. The molecule has 0 radical (unpaired) electrons. The Hall–Kier alpha value is -1.66. The zero-order chi connectivity index (χ0) is 24.3. The molecule has 6 heteroatoms. The van der Waals surface area contributed by atoms with Crippen LogP contribution in [0, 0.1) is 0 Å². The molecule has 0 unspecified atom stereocenters. The summed E-state index contributed by atoms with van der Waals surface area (Å²) in [5.74, 6) is 0.102. The third kappa shape index (κ3) is 12.8. The summed E-state index contributed by atoms with van der Waals surface area (Å²) < 4.78 is 0. The quantitative estimate of drug-likeness (QED) is 0.631. The van der Waals surface area contributed by atoms with Crippen LogP contribution in [-0.2, 0) is 9.59 Å². The van der Waals surface area contributed by atoms with Crippen molar-refractivity contribution in [2.45, 2.75) is 67.5 Å². The van der Waals surface area contributed by atoms with Crippen molar-refractivity contribution in [2.24, 2.45) is 0 Å². The molecular formula is C24H50N4O2. The number of hydrogen-bond donors (Lipinski definition) is 0. The maximum absolute atomic E-state index is 11.3. The van der Waals surface area contributed by atoms with Crippen LogP contribution < -0.4 is 0 Å². The molecule has 0 aliphatic carbocycles. The summed E-state index contributed by atoms with van der Waals surface area (Å²) in [5, 5.41) is 0. The summed E-state index contributed by atoms with van der Waals surface area (Å²) in [6.07, 6.45) is 2.78. The Morgan fingerprint density at radius 1 is 0.733 bits per heavy atom. The van der Waals surface area contributed by atoms with E-state index in [9.17, 15) is 9.59 Å². The SMILES string of the molecule is C=CC(=O)N1CCN(C)C[C@@H]1C.C=CC(=O)N1CCN(C)[C@@H](C)C1.CC.CC.CC. The van der Waals surface area contributed by atoms with Crippen molar-refractivity contribution in [3.8, 4) is 0 Å². The Morgan fingerprint density at radius 3 is 1.63 bits per heavy atom. The molecule has 2 aliphatic heterocycles. The van der Waals surface area contributed by atoms with Crippen molar-refractivity contribution < 1.29 is 9.59 Å². The predicted octanol–water partition coefficient (Wildman–Crippen LogP) is 3.75. The van der Waals surface area contributed by atoms with Gasteiger partial charge in [0.15, 0.2) is 0 Å². The van der Waals surface area contributed by atoms with E-state index in [4.69, 9.17) is 0 Å². The first-order valence-corrected chi connectivity index (χ1v) is 11.5. The van der Waals surface area contributed by atoms with E-state index in [0.717, 1.165) is 39.3 Å². The number of piperazine rings is 2. The van der Waals surface area contributed by atoms with Crippen LogP contribution in [0.5, 0.6) is 0 Å². The lowest BCUT2D eigenvalue weighted by Crippen LogP contribution is -2.52. The van der Waals surface area contributed by atoms with Gasteiger partial charge < -0.3 is 19.6 Å². The lowest BCUT2D eigenvalue weighted by molar-refractivity contribution is -0.130. The Labute approximate surface area is 187 Å². The van der Waals surface area contributed by atoms with Crippen LogP contribution in [0.2, 0.25) is 0 Å². The maximum Gasteiger partial charge on any atom is 0.246 e. The molecule has 0 aromatic carbocycles. The largest absolute Gasteiger partial charge is 0.336 e. The van der Waals surface area contributed by atoms with Crippen LogP contribution in [0.15, 0.2) is 25.3 Å². The summed E-state index contributed by atoms with van der Waals surface area (Å²) in [6, 6.07) is 0.775. The van der Waals surface area contributed by atoms with Crippen LogP contribution in [0.4, 0.5) is 0 Å². The van der Waals surface area contributed by atoms with E-state index < -0.39 is 0 Å². The summed E-state index contributed by atoms with van der Waals surface area (Å²) >= 11 is 0. The van der Waals surface area contributed by atoms with Gasteiger partial charge in [0.25, 0.3) is 0 Å². The number of likely N-dealkylation sites (N-methyl/N-ethyl adjacent to an activating group) is 2. The molecule has 0 aromatic rings.